The van der Waals surface area contributed by atoms with Crippen molar-refractivity contribution in [2.24, 2.45) is 0 Å². The third kappa shape index (κ3) is 3.06. The van der Waals surface area contributed by atoms with Crippen LogP contribution in [0.5, 0.6) is 0 Å². The molecule has 0 N–H and O–H groups in total. The van der Waals surface area contributed by atoms with Gasteiger partial charge in [0, 0.05) is 24.5 Å². The van der Waals surface area contributed by atoms with E-state index in [1.54, 1.807) is 6.08 Å². The molecule has 0 bridgehead atoms. The number of carbonyl (C=O) groups is 1. The maximum absolute atomic E-state index is 11.3. The van der Waals surface area contributed by atoms with Gasteiger partial charge in [-0.25, -0.2) is 0 Å². The molecule has 17 heavy (non-hydrogen) atoms. The van der Waals surface area contributed by atoms with Crippen molar-refractivity contribution in [2.45, 2.75) is 26.2 Å². The van der Waals surface area contributed by atoms with Crippen molar-refractivity contribution in [3.05, 3.63) is 53.8 Å². The summed E-state index contributed by atoms with van der Waals surface area (Å²) in [5.41, 5.74) is 2.16. The zero-order chi connectivity index (χ0) is 12.3. The molecule has 0 aromatic heterocycles. The molecule has 88 valence electrons. The minimum atomic E-state index is 0.142. The van der Waals surface area contributed by atoms with Crippen LogP contribution in [0, 0.1) is 6.92 Å². The Morgan fingerprint density at radius 3 is 2.59 bits per heavy atom. The Morgan fingerprint density at radius 1 is 1.24 bits per heavy atom. The average Bonchev–Trinajstić information content (AvgIpc) is 2.29. The molecule has 2 heteroatoms. The van der Waals surface area contributed by atoms with E-state index in [9.17, 15) is 4.79 Å². The van der Waals surface area contributed by atoms with Crippen LogP contribution in [0.3, 0.4) is 0 Å². The maximum atomic E-state index is 11.3. The lowest BCUT2D eigenvalue weighted by Crippen LogP contribution is -2.04. The zero-order valence-electron chi connectivity index (χ0n) is 10.0. The van der Waals surface area contributed by atoms with Gasteiger partial charge in [0.15, 0.2) is 5.78 Å². The van der Waals surface area contributed by atoms with E-state index < -0.39 is 0 Å². The molecular formula is C15H16O2. The van der Waals surface area contributed by atoms with Gasteiger partial charge in [-0.2, -0.15) is 0 Å². The largest absolute Gasteiger partial charge is 0.462 e. The Bertz CT molecular complexity index is 466. The van der Waals surface area contributed by atoms with Crippen molar-refractivity contribution in [3.8, 4) is 0 Å². The van der Waals surface area contributed by atoms with Gasteiger partial charge in [-0.05, 0) is 13.3 Å². The fourth-order valence-electron chi connectivity index (χ4n) is 1.80. The van der Waals surface area contributed by atoms with Gasteiger partial charge < -0.3 is 4.74 Å². The molecule has 0 fully saturated rings. The number of hydrogen-bond donors (Lipinski definition) is 0. The Labute approximate surface area is 102 Å². The van der Waals surface area contributed by atoms with Gasteiger partial charge in [-0.3, -0.25) is 4.79 Å². The molecular weight excluding hydrogens is 212 g/mol. The first-order valence-corrected chi connectivity index (χ1v) is 5.82. The molecule has 1 aliphatic carbocycles. The first-order chi connectivity index (χ1) is 8.15. The lowest BCUT2D eigenvalue weighted by Gasteiger charge is -2.15. The third-order valence-corrected chi connectivity index (χ3v) is 2.80. The van der Waals surface area contributed by atoms with E-state index in [-0.39, 0.29) is 5.78 Å². The molecule has 0 radical (unpaired) electrons. The molecule has 2 nitrogen and oxygen atoms in total. The van der Waals surface area contributed by atoms with Crippen LogP contribution >= 0.6 is 0 Å². The van der Waals surface area contributed by atoms with Crippen molar-refractivity contribution in [1.29, 1.82) is 0 Å². The SMILES string of the molecule is C=C(OC1=CC(=O)CCC1)c1ccc(C)cc1. The summed E-state index contributed by atoms with van der Waals surface area (Å²) in [6, 6.07) is 7.99. The number of ether oxygens (including phenoxy) is 1. The second kappa shape index (κ2) is 5.00. The predicted octanol–water partition coefficient (Wildman–Crippen LogP) is 3.62. The van der Waals surface area contributed by atoms with Crippen molar-refractivity contribution < 1.29 is 9.53 Å². The van der Waals surface area contributed by atoms with Crippen LogP contribution in [0.25, 0.3) is 5.76 Å². The van der Waals surface area contributed by atoms with Gasteiger partial charge in [-0.15, -0.1) is 0 Å². The van der Waals surface area contributed by atoms with Crippen LogP contribution < -0.4 is 0 Å². The monoisotopic (exact) mass is 228 g/mol. The molecule has 0 amide bonds. The number of benzene rings is 1. The predicted molar refractivity (Wildman–Crippen MR) is 68.2 cm³/mol. The zero-order valence-corrected chi connectivity index (χ0v) is 10.0. The van der Waals surface area contributed by atoms with Crippen molar-refractivity contribution in [2.75, 3.05) is 0 Å². The topological polar surface area (TPSA) is 26.3 Å². The van der Waals surface area contributed by atoms with Gasteiger partial charge >= 0.3 is 0 Å². The normalized spacial score (nSPS) is 15.4. The average molecular weight is 228 g/mol. The molecule has 0 saturated carbocycles. The van der Waals surface area contributed by atoms with Gasteiger partial charge in [0.2, 0.25) is 0 Å². The number of carbonyl (C=O) groups excluding carboxylic acids is 1. The first kappa shape index (κ1) is 11.6. The first-order valence-electron chi connectivity index (χ1n) is 5.82. The van der Waals surface area contributed by atoms with Crippen LogP contribution in [0.2, 0.25) is 0 Å². The van der Waals surface area contributed by atoms with Crippen LogP contribution in [0.4, 0.5) is 0 Å². The number of ketones is 1. The molecule has 0 saturated heterocycles. The van der Waals surface area contributed by atoms with E-state index >= 15 is 0 Å². The molecule has 0 spiro atoms. The molecule has 0 heterocycles. The molecule has 1 aliphatic rings. The Hall–Kier alpha value is -1.83. The molecule has 0 aliphatic heterocycles. The van der Waals surface area contributed by atoms with E-state index in [0.29, 0.717) is 12.2 Å². The number of allylic oxidation sites excluding steroid dienone is 2. The molecule has 0 unspecified atom stereocenters. The van der Waals surface area contributed by atoms with E-state index in [1.807, 2.05) is 31.2 Å². The fraction of sp³-hybridized carbons (Fsp3) is 0.267. The highest BCUT2D eigenvalue weighted by Crippen LogP contribution is 2.23. The van der Waals surface area contributed by atoms with Crippen molar-refractivity contribution in [3.63, 3.8) is 0 Å². The quantitative estimate of drug-likeness (QED) is 0.738. The van der Waals surface area contributed by atoms with Gasteiger partial charge in [0.1, 0.15) is 11.5 Å². The van der Waals surface area contributed by atoms with Crippen LogP contribution in [0.1, 0.15) is 30.4 Å². The lowest BCUT2D eigenvalue weighted by molar-refractivity contribution is -0.115. The Morgan fingerprint density at radius 2 is 1.94 bits per heavy atom. The molecule has 0 atom stereocenters. The van der Waals surface area contributed by atoms with Crippen molar-refractivity contribution in [1.82, 2.24) is 0 Å². The standard InChI is InChI=1S/C15H16O2/c1-11-6-8-13(9-7-11)12(2)17-15-5-3-4-14(16)10-15/h6-10H,2-5H2,1H3. The Kier molecular flexibility index (Phi) is 3.43. The van der Waals surface area contributed by atoms with Gasteiger partial charge in [-0.1, -0.05) is 36.4 Å². The van der Waals surface area contributed by atoms with Crippen LogP contribution in [-0.2, 0) is 9.53 Å². The summed E-state index contributed by atoms with van der Waals surface area (Å²) in [5, 5.41) is 0. The second-order valence-corrected chi connectivity index (χ2v) is 4.32. The van der Waals surface area contributed by atoms with Crippen LogP contribution in [-0.4, -0.2) is 5.78 Å². The minimum absolute atomic E-state index is 0.142. The van der Waals surface area contributed by atoms with E-state index in [4.69, 9.17) is 4.74 Å². The summed E-state index contributed by atoms with van der Waals surface area (Å²) in [5.74, 6) is 1.47. The highest BCUT2D eigenvalue weighted by atomic mass is 16.5. The lowest BCUT2D eigenvalue weighted by atomic mass is 10.1. The second-order valence-electron chi connectivity index (χ2n) is 4.32. The van der Waals surface area contributed by atoms with E-state index in [1.165, 1.54) is 5.56 Å². The summed E-state index contributed by atoms with van der Waals surface area (Å²) >= 11 is 0. The summed E-state index contributed by atoms with van der Waals surface area (Å²) in [4.78, 5) is 11.3. The number of hydrogen-bond acceptors (Lipinski definition) is 2. The molecule has 1 aromatic carbocycles. The summed E-state index contributed by atoms with van der Waals surface area (Å²) in [7, 11) is 0. The highest BCUT2D eigenvalue weighted by Gasteiger charge is 2.12. The smallest absolute Gasteiger partial charge is 0.159 e. The number of aryl methyl sites for hydroxylation is 1. The number of rotatable bonds is 3. The third-order valence-electron chi connectivity index (χ3n) is 2.80. The maximum Gasteiger partial charge on any atom is 0.159 e. The highest BCUT2D eigenvalue weighted by molar-refractivity contribution is 5.90. The van der Waals surface area contributed by atoms with E-state index in [0.717, 1.165) is 24.2 Å². The summed E-state index contributed by atoms with van der Waals surface area (Å²) in [6.45, 7) is 5.94. The summed E-state index contributed by atoms with van der Waals surface area (Å²) < 4.78 is 5.63. The molecule has 2 rings (SSSR count). The van der Waals surface area contributed by atoms with Gasteiger partial charge in [0.05, 0.1) is 0 Å². The fourth-order valence-corrected chi connectivity index (χ4v) is 1.80. The van der Waals surface area contributed by atoms with Crippen LogP contribution in [0.15, 0.2) is 42.7 Å². The summed E-state index contributed by atoms with van der Waals surface area (Å²) in [6.07, 6.45) is 3.90. The Balaban J connectivity index is 2.06. The molecule has 1 aromatic rings. The van der Waals surface area contributed by atoms with E-state index in [2.05, 4.69) is 6.58 Å². The van der Waals surface area contributed by atoms with Crippen molar-refractivity contribution >= 4 is 11.5 Å². The minimum Gasteiger partial charge on any atom is -0.462 e. The van der Waals surface area contributed by atoms with Gasteiger partial charge in [0.25, 0.3) is 0 Å².